The van der Waals surface area contributed by atoms with Crippen molar-refractivity contribution in [1.29, 1.82) is 0 Å². The average Bonchev–Trinajstić information content (AvgIpc) is 2.31. The quantitative estimate of drug-likeness (QED) is 0.757. The van der Waals surface area contributed by atoms with Crippen LogP contribution in [0.15, 0.2) is 0 Å². The van der Waals surface area contributed by atoms with Gasteiger partial charge in [-0.3, -0.25) is 15.0 Å². The van der Waals surface area contributed by atoms with Gasteiger partial charge in [-0.25, -0.2) is 4.79 Å². The maximum Gasteiger partial charge on any atom is 0.413 e. The molecule has 0 saturated carbocycles. The van der Waals surface area contributed by atoms with Crippen LogP contribution in [0.2, 0.25) is 0 Å². The minimum Gasteiger partial charge on any atom is -0.450 e. The first-order valence-electron chi connectivity index (χ1n) is 6.51. The van der Waals surface area contributed by atoms with E-state index in [0.717, 1.165) is 25.9 Å². The Hall–Kier alpha value is -1.14. The Labute approximate surface area is 108 Å². The van der Waals surface area contributed by atoms with E-state index >= 15 is 0 Å². The first kappa shape index (κ1) is 14.9. The molecule has 0 aromatic rings. The summed E-state index contributed by atoms with van der Waals surface area (Å²) in [6, 6.07) is 0.222. The van der Waals surface area contributed by atoms with Crippen molar-refractivity contribution in [3.63, 3.8) is 0 Å². The molecule has 0 aromatic heterocycles. The maximum atomic E-state index is 11.6. The summed E-state index contributed by atoms with van der Waals surface area (Å²) < 4.78 is 4.65. The van der Waals surface area contributed by atoms with Crippen LogP contribution in [0, 0.1) is 5.92 Å². The molecular formula is C12H23N3O3. The molecule has 18 heavy (non-hydrogen) atoms. The molecule has 3 N–H and O–H groups in total. The summed E-state index contributed by atoms with van der Waals surface area (Å²) in [6.07, 6.45) is 1.23. The standard InChI is InChI=1S/C12H23N3O3/c1-3-9-7-15(6-5-10(9)13)8-11(16)14-12(17)18-4-2/h9-10H,3-8,13H2,1-2H3,(H,14,16,17). The van der Waals surface area contributed by atoms with Gasteiger partial charge in [-0.15, -0.1) is 0 Å². The Morgan fingerprint density at radius 1 is 1.44 bits per heavy atom. The highest BCUT2D eigenvalue weighted by molar-refractivity contribution is 5.92. The Morgan fingerprint density at radius 2 is 2.17 bits per heavy atom. The van der Waals surface area contributed by atoms with Crippen LogP contribution in [0.25, 0.3) is 0 Å². The first-order chi connectivity index (χ1) is 8.56. The molecule has 104 valence electrons. The summed E-state index contributed by atoms with van der Waals surface area (Å²) >= 11 is 0. The Morgan fingerprint density at radius 3 is 2.78 bits per heavy atom. The zero-order chi connectivity index (χ0) is 13.5. The number of rotatable bonds is 4. The van der Waals surface area contributed by atoms with Crippen LogP contribution in [0.1, 0.15) is 26.7 Å². The van der Waals surface area contributed by atoms with Crippen LogP contribution in [-0.4, -0.2) is 49.2 Å². The Kier molecular flexibility index (Phi) is 6.07. The van der Waals surface area contributed by atoms with E-state index in [1.54, 1.807) is 6.92 Å². The van der Waals surface area contributed by atoms with Crippen molar-refractivity contribution in [1.82, 2.24) is 10.2 Å². The van der Waals surface area contributed by atoms with Crippen LogP contribution in [0.3, 0.4) is 0 Å². The summed E-state index contributed by atoms with van der Waals surface area (Å²) in [5.41, 5.74) is 6.00. The molecule has 1 saturated heterocycles. The molecule has 1 aliphatic rings. The molecule has 1 aliphatic heterocycles. The monoisotopic (exact) mass is 257 g/mol. The van der Waals surface area contributed by atoms with E-state index in [1.807, 2.05) is 4.90 Å². The van der Waals surface area contributed by atoms with E-state index in [9.17, 15) is 9.59 Å². The second-order valence-corrected chi connectivity index (χ2v) is 4.62. The van der Waals surface area contributed by atoms with Crippen molar-refractivity contribution in [2.24, 2.45) is 11.7 Å². The average molecular weight is 257 g/mol. The number of carbonyl (C=O) groups excluding carboxylic acids is 2. The highest BCUT2D eigenvalue weighted by Gasteiger charge is 2.26. The molecule has 2 atom stereocenters. The number of imide groups is 1. The zero-order valence-electron chi connectivity index (χ0n) is 11.1. The lowest BCUT2D eigenvalue weighted by atomic mass is 9.91. The van der Waals surface area contributed by atoms with Gasteiger partial charge in [-0.05, 0) is 19.3 Å². The number of alkyl carbamates (subject to hydrolysis) is 1. The molecule has 0 bridgehead atoms. The SMILES string of the molecule is CCOC(=O)NC(=O)CN1CCC(N)C(CC)C1. The molecule has 0 aromatic carbocycles. The van der Waals surface area contributed by atoms with E-state index in [-0.39, 0.29) is 25.1 Å². The van der Waals surface area contributed by atoms with Crippen molar-refractivity contribution in [2.75, 3.05) is 26.2 Å². The molecule has 1 rings (SSSR count). The minimum atomic E-state index is -0.678. The number of nitrogens with zero attached hydrogens (tertiary/aromatic N) is 1. The summed E-state index contributed by atoms with van der Waals surface area (Å²) in [5.74, 6) is 0.105. The van der Waals surface area contributed by atoms with Gasteiger partial charge in [0.1, 0.15) is 0 Å². The van der Waals surface area contributed by atoms with E-state index < -0.39 is 6.09 Å². The third-order valence-corrected chi connectivity index (χ3v) is 3.29. The predicted octanol–water partition coefficient (Wildman–Crippen LogP) is 0.318. The molecule has 2 unspecified atom stereocenters. The van der Waals surface area contributed by atoms with Crippen molar-refractivity contribution in [2.45, 2.75) is 32.7 Å². The van der Waals surface area contributed by atoms with Crippen LogP contribution in [-0.2, 0) is 9.53 Å². The lowest BCUT2D eigenvalue weighted by Gasteiger charge is -2.35. The van der Waals surface area contributed by atoms with Crippen LogP contribution in [0.4, 0.5) is 4.79 Å². The van der Waals surface area contributed by atoms with Gasteiger partial charge < -0.3 is 10.5 Å². The molecule has 6 nitrogen and oxygen atoms in total. The van der Waals surface area contributed by atoms with Crippen molar-refractivity contribution in [3.8, 4) is 0 Å². The van der Waals surface area contributed by atoms with E-state index in [0.29, 0.717) is 5.92 Å². The van der Waals surface area contributed by atoms with Gasteiger partial charge >= 0.3 is 6.09 Å². The maximum absolute atomic E-state index is 11.6. The molecular weight excluding hydrogens is 234 g/mol. The van der Waals surface area contributed by atoms with Gasteiger partial charge in [0.05, 0.1) is 13.2 Å². The first-order valence-corrected chi connectivity index (χ1v) is 6.51. The van der Waals surface area contributed by atoms with Crippen molar-refractivity contribution >= 4 is 12.0 Å². The van der Waals surface area contributed by atoms with Gasteiger partial charge in [0, 0.05) is 19.1 Å². The number of piperidine rings is 1. The zero-order valence-corrected chi connectivity index (χ0v) is 11.1. The molecule has 0 radical (unpaired) electrons. The van der Waals surface area contributed by atoms with Gasteiger partial charge in [-0.1, -0.05) is 13.3 Å². The Balaban J connectivity index is 2.34. The third kappa shape index (κ3) is 4.62. The largest absolute Gasteiger partial charge is 0.450 e. The molecule has 0 spiro atoms. The van der Waals surface area contributed by atoms with Crippen LogP contribution in [0.5, 0.6) is 0 Å². The summed E-state index contributed by atoms with van der Waals surface area (Å²) in [6.45, 7) is 5.90. The van der Waals surface area contributed by atoms with Crippen molar-refractivity contribution < 1.29 is 14.3 Å². The number of ether oxygens (including phenoxy) is 1. The number of nitrogens with one attached hydrogen (secondary N) is 1. The number of likely N-dealkylation sites (tertiary alicyclic amines) is 1. The van der Waals surface area contributed by atoms with Crippen LogP contribution >= 0.6 is 0 Å². The number of nitrogens with two attached hydrogens (primary N) is 1. The van der Waals surface area contributed by atoms with Gasteiger partial charge in [0.2, 0.25) is 5.91 Å². The molecule has 1 fully saturated rings. The normalized spacial score (nSPS) is 24.6. The summed E-state index contributed by atoms with van der Waals surface area (Å²) in [7, 11) is 0. The second-order valence-electron chi connectivity index (χ2n) is 4.62. The van der Waals surface area contributed by atoms with Gasteiger partial charge in [-0.2, -0.15) is 0 Å². The second kappa shape index (κ2) is 7.33. The minimum absolute atomic E-state index is 0.222. The number of carbonyl (C=O) groups is 2. The fraction of sp³-hybridized carbons (Fsp3) is 0.833. The van der Waals surface area contributed by atoms with Gasteiger partial charge in [0.15, 0.2) is 0 Å². The van der Waals surface area contributed by atoms with E-state index in [1.165, 1.54) is 0 Å². The van der Waals surface area contributed by atoms with E-state index in [4.69, 9.17) is 5.73 Å². The van der Waals surface area contributed by atoms with E-state index in [2.05, 4.69) is 17.0 Å². The number of hydrogen-bond donors (Lipinski definition) is 2. The summed E-state index contributed by atoms with van der Waals surface area (Å²) in [4.78, 5) is 24.7. The lowest BCUT2D eigenvalue weighted by Crippen LogP contribution is -2.50. The molecule has 2 amide bonds. The smallest absolute Gasteiger partial charge is 0.413 e. The van der Waals surface area contributed by atoms with Crippen LogP contribution < -0.4 is 11.1 Å². The number of amides is 2. The van der Waals surface area contributed by atoms with Crippen molar-refractivity contribution in [3.05, 3.63) is 0 Å². The topological polar surface area (TPSA) is 84.7 Å². The van der Waals surface area contributed by atoms with Gasteiger partial charge in [0.25, 0.3) is 0 Å². The molecule has 6 heteroatoms. The molecule has 0 aliphatic carbocycles. The molecule has 1 heterocycles. The number of hydrogen-bond acceptors (Lipinski definition) is 5. The summed E-state index contributed by atoms with van der Waals surface area (Å²) in [5, 5.41) is 2.20. The fourth-order valence-corrected chi connectivity index (χ4v) is 2.22. The predicted molar refractivity (Wildman–Crippen MR) is 68.0 cm³/mol. The highest BCUT2D eigenvalue weighted by Crippen LogP contribution is 2.17. The highest BCUT2D eigenvalue weighted by atomic mass is 16.5. The fourth-order valence-electron chi connectivity index (χ4n) is 2.22. The Bertz CT molecular complexity index is 296. The lowest BCUT2D eigenvalue weighted by molar-refractivity contribution is -0.122. The third-order valence-electron chi connectivity index (χ3n) is 3.29.